The molecule has 0 saturated heterocycles. The summed E-state index contributed by atoms with van der Waals surface area (Å²) in [7, 11) is 0. The van der Waals surface area contributed by atoms with E-state index in [0.717, 1.165) is 12.8 Å². The van der Waals surface area contributed by atoms with Gasteiger partial charge in [0.1, 0.15) is 0 Å². The monoisotopic (exact) mass is 354 g/mol. The molecule has 0 nitrogen and oxygen atoms in total. The zero-order chi connectivity index (χ0) is 18.2. The second-order valence-corrected chi connectivity index (χ2v) is 8.16. The molecule has 0 atom stereocenters. The summed E-state index contributed by atoms with van der Waals surface area (Å²) < 4.78 is 0. The first-order chi connectivity index (χ1) is 13.9. The van der Waals surface area contributed by atoms with Gasteiger partial charge in [-0.3, -0.25) is 0 Å². The molecular formula is C28H18. The smallest absolute Gasteiger partial charge is 0.00128 e. The molecule has 28 heavy (non-hydrogen) atoms. The van der Waals surface area contributed by atoms with Crippen LogP contribution in [0.5, 0.6) is 0 Å². The summed E-state index contributed by atoms with van der Waals surface area (Å²) in [4.78, 5) is 0. The van der Waals surface area contributed by atoms with E-state index >= 15 is 0 Å². The van der Waals surface area contributed by atoms with Crippen LogP contribution >= 0.6 is 0 Å². The van der Waals surface area contributed by atoms with Crippen LogP contribution in [-0.4, -0.2) is 0 Å². The third-order valence-electron chi connectivity index (χ3n) is 6.65. The van der Waals surface area contributed by atoms with Gasteiger partial charge in [0.25, 0.3) is 0 Å². The number of benzene rings is 5. The Balaban J connectivity index is 1.56. The Bertz CT molecular complexity index is 1450. The van der Waals surface area contributed by atoms with Gasteiger partial charge in [0.2, 0.25) is 0 Å². The van der Waals surface area contributed by atoms with E-state index < -0.39 is 0 Å². The quantitative estimate of drug-likeness (QED) is 0.254. The number of rotatable bonds is 0. The van der Waals surface area contributed by atoms with Crippen LogP contribution in [0.15, 0.2) is 84.9 Å². The minimum atomic E-state index is 1.02. The normalized spacial score (nSPS) is 13.4. The highest BCUT2D eigenvalue weighted by atomic mass is 14.3. The first kappa shape index (κ1) is 14.6. The van der Waals surface area contributed by atoms with Crippen molar-refractivity contribution < 1.29 is 0 Å². The first-order valence-electron chi connectivity index (χ1n) is 10.0. The molecule has 0 N–H and O–H groups in total. The molecule has 0 radical (unpaired) electrons. The predicted octanol–water partition coefficient (Wildman–Crippen LogP) is 7.14. The molecule has 5 aromatic rings. The zero-order valence-electron chi connectivity index (χ0n) is 15.5. The molecule has 130 valence electrons. The Morgan fingerprint density at radius 3 is 2.04 bits per heavy atom. The number of fused-ring (bicyclic) bond motifs is 7. The summed E-state index contributed by atoms with van der Waals surface area (Å²) >= 11 is 0. The predicted molar refractivity (Wildman–Crippen MR) is 118 cm³/mol. The summed E-state index contributed by atoms with van der Waals surface area (Å²) in [6.07, 6.45) is 2.07. The molecule has 0 aromatic heterocycles. The molecule has 0 heteroatoms. The van der Waals surface area contributed by atoms with E-state index in [1.807, 2.05) is 0 Å². The SMILES string of the molecule is c1ccc2c(c1)Cc1cc3c(cc1-2)Cc1cc2ccccc2c2cccc-3c12. The van der Waals surface area contributed by atoms with Crippen LogP contribution in [0.2, 0.25) is 0 Å². The molecule has 2 aliphatic rings. The van der Waals surface area contributed by atoms with E-state index in [9.17, 15) is 0 Å². The minimum absolute atomic E-state index is 1.02. The van der Waals surface area contributed by atoms with Crippen molar-refractivity contribution in [3.8, 4) is 22.3 Å². The summed E-state index contributed by atoms with van der Waals surface area (Å²) in [6.45, 7) is 0. The van der Waals surface area contributed by atoms with E-state index in [4.69, 9.17) is 0 Å². The molecule has 0 aliphatic heterocycles. The summed E-state index contributed by atoms with van der Waals surface area (Å²) in [5.74, 6) is 0. The van der Waals surface area contributed by atoms with Crippen molar-refractivity contribution in [3.63, 3.8) is 0 Å². The lowest BCUT2D eigenvalue weighted by atomic mass is 9.80. The van der Waals surface area contributed by atoms with E-state index in [1.54, 1.807) is 0 Å². The fraction of sp³-hybridized carbons (Fsp3) is 0.0714. The molecule has 0 spiro atoms. The first-order valence-corrected chi connectivity index (χ1v) is 10.0. The van der Waals surface area contributed by atoms with Crippen LogP contribution in [0.4, 0.5) is 0 Å². The highest BCUT2D eigenvalue weighted by Gasteiger charge is 2.25. The van der Waals surface area contributed by atoms with Crippen molar-refractivity contribution in [2.45, 2.75) is 12.8 Å². The van der Waals surface area contributed by atoms with Crippen LogP contribution < -0.4 is 0 Å². The summed E-state index contributed by atoms with van der Waals surface area (Å²) in [5.41, 5.74) is 11.5. The fourth-order valence-electron chi connectivity index (χ4n) is 5.45. The lowest BCUT2D eigenvalue weighted by Crippen LogP contribution is -2.03. The zero-order valence-corrected chi connectivity index (χ0v) is 15.5. The molecule has 0 saturated carbocycles. The van der Waals surface area contributed by atoms with Crippen LogP contribution in [-0.2, 0) is 12.8 Å². The van der Waals surface area contributed by atoms with E-state index in [-0.39, 0.29) is 0 Å². The van der Waals surface area contributed by atoms with Crippen molar-refractivity contribution in [1.82, 2.24) is 0 Å². The maximum atomic E-state index is 2.47. The molecule has 0 fully saturated rings. The van der Waals surface area contributed by atoms with Gasteiger partial charge in [0.15, 0.2) is 0 Å². The van der Waals surface area contributed by atoms with Crippen LogP contribution in [0.1, 0.15) is 22.3 Å². The van der Waals surface area contributed by atoms with Crippen molar-refractivity contribution >= 4 is 21.5 Å². The van der Waals surface area contributed by atoms with Crippen LogP contribution in [0.25, 0.3) is 43.8 Å². The van der Waals surface area contributed by atoms with Crippen LogP contribution in [0, 0.1) is 0 Å². The molecule has 0 bridgehead atoms. The number of hydrogen-bond donors (Lipinski definition) is 0. The number of hydrogen-bond acceptors (Lipinski definition) is 0. The molecule has 5 aromatic carbocycles. The second kappa shape index (κ2) is 5.11. The molecule has 7 rings (SSSR count). The van der Waals surface area contributed by atoms with E-state index in [1.165, 1.54) is 66.1 Å². The van der Waals surface area contributed by atoms with Gasteiger partial charge < -0.3 is 0 Å². The standard InChI is InChI=1S/C28H18/c1-3-8-22-18(7-1)13-21-14-20-15-26-19(12-17-6-2-4-9-23(17)26)16-27(20)25-11-5-10-24(22)28(21)25/h1-11,13,15-16H,12,14H2. The average Bonchev–Trinajstić information content (AvgIpc) is 3.10. The van der Waals surface area contributed by atoms with Crippen LogP contribution in [0.3, 0.4) is 0 Å². The largest absolute Gasteiger partial charge is 0.0619 e. The summed E-state index contributed by atoms with van der Waals surface area (Å²) in [6, 6.07) is 31.8. The fourth-order valence-corrected chi connectivity index (χ4v) is 5.45. The van der Waals surface area contributed by atoms with Crippen molar-refractivity contribution in [1.29, 1.82) is 0 Å². The Labute approximate surface area is 164 Å². The summed E-state index contributed by atoms with van der Waals surface area (Å²) in [5, 5.41) is 5.54. The second-order valence-electron chi connectivity index (χ2n) is 8.16. The average molecular weight is 354 g/mol. The topological polar surface area (TPSA) is 0 Å². The minimum Gasteiger partial charge on any atom is -0.0619 e. The maximum absolute atomic E-state index is 2.47. The highest BCUT2D eigenvalue weighted by Crippen LogP contribution is 2.46. The lowest BCUT2D eigenvalue weighted by Gasteiger charge is -2.23. The molecule has 0 unspecified atom stereocenters. The molecular weight excluding hydrogens is 336 g/mol. The van der Waals surface area contributed by atoms with Gasteiger partial charge in [0, 0.05) is 0 Å². The Morgan fingerprint density at radius 2 is 1.11 bits per heavy atom. The van der Waals surface area contributed by atoms with Gasteiger partial charge in [-0.15, -0.1) is 0 Å². The molecule has 2 aliphatic carbocycles. The van der Waals surface area contributed by atoms with Crippen molar-refractivity contribution in [2.24, 2.45) is 0 Å². The van der Waals surface area contributed by atoms with Gasteiger partial charge in [-0.25, -0.2) is 0 Å². The van der Waals surface area contributed by atoms with Crippen molar-refractivity contribution in [3.05, 3.63) is 107 Å². The van der Waals surface area contributed by atoms with E-state index in [2.05, 4.69) is 84.9 Å². The molecule has 0 heterocycles. The molecule has 0 amide bonds. The Kier molecular flexibility index (Phi) is 2.67. The van der Waals surface area contributed by atoms with E-state index in [0.29, 0.717) is 0 Å². The maximum Gasteiger partial charge on any atom is -0.00128 e. The lowest BCUT2D eigenvalue weighted by molar-refractivity contribution is 1.19. The van der Waals surface area contributed by atoms with Gasteiger partial charge >= 0.3 is 0 Å². The highest BCUT2D eigenvalue weighted by molar-refractivity contribution is 6.15. The van der Waals surface area contributed by atoms with Gasteiger partial charge in [-0.2, -0.15) is 0 Å². The third kappa shape index (κ3) is 1.80. The van der Waals surface area contributed by atoms with Gasteiger partial charge in [-0.05, 0) is 91.0 Å². The third-order valence-corrected chi connectivity index (χ3v) is 6.65. The van der Waals surface area contributed by atoms with Crippen molar-refractivity contribution in [2.75, 3.05) is 0 Å². The van der Waals surface area contributed by atoms with Gasteiger partial charge in [0.05, 0.1) is 0 Å². The Hall–Kier alpha value is -3.38. The van der Waals surface area contributed by atoms with Gasteiger partial charge in [-0.1, -0.05) is 72.8 Å². The Morgan fingerprint density at radius 1 is 0.429 bits per heavy atom.